The lowest BCUT2D eigenvalue weighted by Gasteiger charge is -2.05. The van der Waals surface area contributed by atoms with Crippen LogP contribution in [0.5, 0.6) is 0 Å². The molecule has 0 saturated heterocycles. The molecule has 1 aromatic carbocycles. The van der Waals surface area contributed by atoms with Gasteiger partial charge in [0.15, 0.2) is 23.1 Å². The smallest absolute Gasteiger partial charge is 0.163 e. The largest absolute Gasteiger partial charge is 0.371 e. The molecule has 1 N–H and O–H groups in total. The topological polar surface area (TPSA) is 42.7 Å². The number of nitrogens with one attached hydrogen (secondary N) is 1. The van der Waals surface area contributed by atoms with Gasteiger partial charge in [-0.3, -0.25) is 0 Å². The van der Waals surface area contributed by atoms with E-state index in [1.54, 1.807) is 7.05 Å². The Kier molecular flexibility index (Phi) is 3.48. The molecule has 0 amide bonds. The fraction of sp³-hybridized carbons (Fsp3) is 0.200. The van der Waals surface area contributed by atoms with Crippen LogP contribution in [-0.4, -0.2) is 21.8 Å². The first kappa shape index (κ1) is 14.4. The van der Waals surface area contributed by atoms with Crippen LogP contribution in [0.4, 0.5) is 19.0 Å². The van der Waals surface area contributed by atoms with E-state index in [2.05, 4.69) is 15.4 Å². The molecule has 0 radical (unpaired) electrons. The van der Waals surface area contributed by atoms with Gasteiger partial charge < -0.3 is 5.32 Å². The van der Waals surface area contributed by atoms with E-state index in [4.69, 9.17) is 0 Å². The molecule has 0 aliphatic heterocycles. The SMILES string of the molecule is CNc1nn(Cc2cccc(F)c2F)c2nc(C)c(F)cc12. The Morgan fingerprint density at radius 1 is 1.18 bits per heavy atom. The molecule has 0 atom stereocenters. The van der Waals surface area contributed by atoms with Crippen molar-refractivity contribution in [3.05, 3.63) is 53.0 Å². The maximum Gasteiger partial charge on any atom is 0.163 e. The van der Waals surface area contributed by atoms with E-state index < -0.39 is 17.5 Å². The maximum atomic E-state index is 13.8. The highest BCUT2D eigenvalue weighted by molar-refractivity contribution is 5.87. The lowest BCUT2D eigenvalue weighted by molar-refractivity contribution is 0.493. The van der Waals surface area contributed by atoms with Gasteiger partial charge in [-0.1, -0.05) is 12.1 Å². The van der Waals surface area contributed by atoms with Crippen LogP contribution in [0.1, 0.15) is 11.3 Å². The second-order valence-electron chi connectivity index (χ2n) is 4.90. The van der Waals surface area contributed by atoms with Gasteiger partial charge in [0.05, 0.1) is 17.6 Å². The molecule has 0 aliphatic carbocycles. The summed E-state index contributed by atoms with van der Waals surface area (Å²) in [5, 5.41) is 7.57. The minimum atomic E-state index is -0.920. The first-order chi connectivity index (χ1) is 10.5. The molecule has 0 aliphatic rings. The number of halogens is 3. The van der Waals surface area contributed by atoms with Gasteiger partial charge >= 0.3 is 0 Å². The van der Waals surface area contributed by atoms with Crippen LogP contribution in [0.3, 0.4) is 0 Å². The van der Waals surface area contributed by atoms with Crippen molar-refractivity contribution < 1.29 is 13.2 Å². The second kappa shape index (κ2) is 5.32. The first-order valence-corrected chi connectivity index (χ1v) is 6.65. The zero-order valence-corrected chi connectivity index (χ0v) is 12.0. The molecule has 22 heavy (non-hydrogen) atoms. The quantitative estimate of drug-likeness (QED) is 0.808. The number of hydrogen-bond donors (Lipinski definition) is 1. The lowest BCUT2D eigenvalue weighted by Crippen LogP contribution is -2.06. The highest BCUT2D eigenvalue weighted by Crippen LogP contribution is 2.24. The molecule has 3 aromatic rings. The number of aromatic nitrogens is 3. The van der Waals surface area contributed by atoms with Gasteiger partial charge in [0, 0.05) is 12.6 Å². The van der Waals surface area contributed by atoms with Crippen LogP contribution >= 0.6 is 0 Å². The molecule has 3 rings (SSSR count). The average molecular weight is 306 g/mol. The number of hydrogen-bond acceptors (Lipinski definition) is 3. The summed E-state index contributed by atoms with van der Waals surface area (Å²) in [5.41, 5.74) is 0.777. The third kappa shape index (κ3) is 2.28. The number of rotatable bonds is 3. The molecule has 4 nitrogen and oxygen atoms in total. The van der Waals surface area contributed by atoms with Crippen molar-refractivity contribution in [2.45, 2.75) is 13.5 Å². The highest BCUT2D eigenvalue weighted by atomic mass is 19.2. The number of pyridine rings is 1. The second-order valence-corrected chi connectivity index (χ2v) is 4.90. The Hall–Kier alpha value is -2.57. The van der Waals surface area contributed by atoms with Crippen LogP contribution in [0.25, 0.3) is 11.0 Å². The fourth-order valence-corrected chi connectivity index (χ4v) is 2.29. The summed E-state index contributed by atoms with van der Waals surface area (Å²) in [6.45, 7) is 1.54. The third-order valence-electron chi connectivity index (χ3n) is 3.44. The Balaban J connectivity index is 2.15. The van der Waals surface area contributed by atoms with Crippen molar-refractivity contribution in [2.75, 3.05) is 12.4 Å². The van der Waals surface area contributed by atoms with Gasteiger partial charge in [0.2, 0.25) is 0 Å². The number of fused-ring (bicyclic) bond motifs is 1. The van der Waals surface area contributed by atoms with Crippen molar-refractivity contribution in [1.29, 1.82) is 0 Å². The van der Waals surface area contributed by atoms with E-state index in [1.807, 2.05) is 0 Å². The third-order valence-corrected chi connectivity index (χ3v) is 3.44. The van der Waals surface area contributed by atoms with Crippen molar-refractivity contribution in [2.24, 2.45) is 0 Å². The molecule has 0 spiro atoms. The molecule has 2 heterocycles. The number of benzene rings is 1. The lowest BCUT2D eigenvalue weighted by atomic mass is 10.2. The molecule has 0 fully saturated rings. The number of nitrogens with zero attached hydrogens (tertiary/aromatic N) is 3. The zero-order valence-electron chi connectivity index (χ0n) is 12.0. The van der Waals surface area contributed by atoms with E-state index in [0.29, 0.717) is 16.9 Å². The fourth-order valence-electron chi connectivity index (χ4n) is 2.29. The summed E-state index contributed by atoms with van der Waals surface area (Å²) < 4.78 is 42.2. The van der Waals surface area contributed by atoms with Gasteiger partial charge in [-0.15, -0.1) is 0 Å². The standard InChI is InChI=1S/C15H13F3N4/c1-8-12(17)6-10-14(19-2)21-22(15(10)20-8)7-9-4-3-5-11(16)13(9)18/h3-6H,7H2,1-2H3,(H,19,21). The van der Waals surface area contributed by atoms with Gasteiger partial charge in [0.1, 0.15) is 5.82 Å². The molecule has 2 aromatic heterocycles. The monoisotopic (exact) mass is 306 g/mol. The van der Waals surface area contributed by atoms with E-state index >= 15 is 0 Å². The van der Waals surface area contributed by atoms with Gasteiger partial charge in [-0.2, -0.15) is 5.10 Å². The van der Waals surface area contributed by atoms with Crippen LogP contribution < -0.4 is 5.32 Å². The van der Waals surface area contributed by atoms with Crippen LogP contribution in [0, 0.1) is 24.4 Å². The van der Waals surface area contributed by atoms with E-state index in [-0.39, 0.29) is 17.8 Å². The highest BCUT2D eigenvalue weighted by Gasteiger charge is 2.16. The number of anilines is 1. The molecule has 0 bridgehead atoms. The van der Waals surface area contributed by atoms with Crippen molar-refractivity contribution in [3.63, 3.8) is 0 Å². The molecule has 0 saturated carbocycles. The molecule has 114 valence electrons. The number of aryl methyl sites for hydroxylation is 1. The van der Waals surface area contributed by atoms with Gasteiger partial charge in [-0.05, 0) is 19.1 Å². The zero-order chi connectivity index (χ0) is 15.9. The first-order valence-electron chi connectivity index (χ1n) is 6.65. The summed E-state index contributed by atoms with van der Waals surface area (Å²) in [6.07, 6.45) is 0. The molecule has 0 unspecified atom stereocenters. The molecule has 7 heteroatoms. The van der Waals surface area contributed by atoms with Crippen molar-refractivity contribution in [3.8, 4) is 0 Å². The van der Waals surface area contributed by atoms with Gasteiger partial charge in [-0.25, -0.2) is 22.8 Å². The van der Waals surface area contributed by atoms with Crippen LogP contribution in [0.2, 0.25) is 0 Å². The van der Waals surface area contributed by atoms with Crippen LogP contribution in [0.15, 0.2) is 24.3 Å². The summed E-state index contributed by atoms with van der Waals surface area (Å²) in [5.74, 6) is -1.85. The summed E-state index contributed by atoms with van der Waals surface area (Å²) in [7, 11) is 1.65. The average Bonchev–Trinajstić information content (AvgIpc) is 2.82. The minimum Gasteiger partial charge on any atom is -0.371 e. The van der Waals surface area contributed by atoms with E-state index in [9.17, 15) is 13.2 Å². The Labute approximate surface area is 124 Å². The van der Waals surface area contributed by atoms with Crippen molar-refractivity contribution >= 4 is 16.9 Å². The van der Waals surface area contributed by atoms with Crippen LogP contribution in [-0.2, 0) is 6.54 Å². The van der Waals surface area contributed by atoms with Crippen molar-refractivity contribution in [1.82, 2.24) is 14.8 Å². The summed E-state index contributed by atoms with van der Waals surface area (Å²) in [4.78, 5) is 4.16. The predicted molar refractivity (Wildman–Crippen MR) is 77.2 cm³/mol. The Morgan fingerprint density at radius 2 is 1.95 bits per heavy atom. The van der Waals surface area contributed by atoms with E-state index in [1.165, 1.54) is 29.8 Å². The summed E-state index contributed by atoms with van der Waals surface area (Å²) in [6, 6.07) is 5.28. The maximum absolute atomic E-state index is 13.8. The van der Waals surface area contributed by atoms with E-state index in [0.717, 1.165) is 6.07 Å². The Bertz CT molecular complexity index is 858. The van der Waals surface area contributed by atoms with Gasteiger partial charge in [0.25, 0.3) is 0 Å². The Morgan fingerprint density at radius 3 is 2.68 bits per heavy atom. The predicted octanol–water partition coefficient (Wildman–Crippen LogP) is 3.25. The molecular formula is C15H13F3N4. The summed E-state index contributed by atoms with van der Waals surface area (Å²) >= 11 is 0. The normalized spacial score (nSPS) is 11.1. The molecular weight excluding hydrogens is 293 g/mol. The minimum absolute atomic E-state index is 0.000153.